The number of carbonyl (C=O) groups is 1. The smallest absolute Gasteiger partial charge is 0.237 e. The van der Waals surface area contributed by atoms with Crippen molar-refractivity contribution in [3.8, 4) is 23.0 Å². The van der Waals surface area contributed by atoms with Gasteiger partial charge in [0.15, 0.2) is 23.0 Å². The number of benzene rings is 2. The van der Waals surface area contributed by atoms with Crippen molar-refractivity contribution in [3.63, 3.8) is 0 Å². The molecule has 214 valence electrons. The zero-order valence-electron chi connectivity index (χ0n) is 23.0. The number of hydrogen-bond donors (Lipinski definition) is 2. The van der Waals surface area contributed by atoms with Gasteiger partial charge in [-0.15, -0.1) is 0 Å². The summed E-state index contributed by atoms with van der Waals surface area (Å²) in [4.78, 5) is 23.9. The van der Waals surface area contributed by atoms with Gasteiger partial charge in [-0.1, -0.05) is 6.07 Å². The van der Waals surface area contributed by atoms with E-state index in [2.05, 4.69) is 20.6 Å². The summed E-state index contributed by atoms with van der Waals surface area (Å²) < 4.78 is 34.2. The van der Waals surface area contributed by atoms with Gasteiger partial charge in [-0.25, -0.2) is 9.97 Å². The van der Waals surface area contributed by atoms with E-state index in [1.807, 2.05) is 43.1 Å². The van der Waals surface area contributed by atoms with Gasteiger partial charge in [-0.2, -0.15) is 0 Å². The predicted octanol–water partition coefficient (Wildman–Crippen LogP) is 2.86. The third kappa shape index (κ3) is 6.30. The lowest BCUT2D eigenvalue weighted by molar-refractivity contribution is -0.125. The van der Waals surface area contributed by atoms with Crippen LogP contribution in [-0.2, 0) is 20.8 Å². The van der Waals surface area contributed by atoms with Gasteiger partial charge in [0, 0.05) is 31.7 Å². The van der Waals surface area contributed by atoms with E-state index >= 15 is 0 Å². The summed E-state index contributed by atoms with van der Waals surface area (Å²) >= 11 is 0. The minimum Gasteiger partial charge on any atom is -0.490 e. The van der Waals surface area contributed by atoms with Crippen LogP contribution in [0.15, 0.2) is 30.6 Å². The van der Waals surface area contributed by atoms with Crippen molar-refractivity contribution in [2.45, 2.75) is 25.9 Å². The molecule has 2 bridgehead atoms. The molecule has 0 saturated carbocycles. The molecule has 1 amide bonds. The number of nitrogens with zero attached hydrogens (tertiary/aromatic N) is 3. The first-order chi connectivity index (χ1) is 19.5. The van der Waals surface area contributed by atoms with Crippen LogP contribution in [0, 0.1) is 0 Å². The number of likely N-dealkylation sites (N-methyl/N-ethyl adjacent to an activating group) is 1. The van der Waals surface area contributed by atoms with Crippen molar-refractivity contribution in [2.75, 3.05) is 65.8 Å². The summed E-state index contributed by atoms with van der Waals surface area (Å²) in [6, 6.07) is 7.21. The molecule has 3 heterocycles. The Balaban J connectivity index is 1.51. The number of carbonyl (C=O) groups excluding carboxylic acids is 1. The molecule has 0 fully saturated rings. The summed E-state index contributed by atoms with van der Waals surface area (Å²) in [5, 5.41) is 7.23. The van der Waals surface area contributed by atoms with E-state index < -0.39 is 0 Å². The maximum atomic E-state index is 12.8. The second kappa shape index (κ2) is 13.0. The Morgan fingerprint density at radius 2 is 1.95 bits per heavy atom. The molecule has 12 heteroatoms. The van der Waals surface area contributed by atoms with Gasteiger partial charge in [0.1, 0.15) is 18.8 Å². The zero-order chi connectivity index (χ0) is 27.9. The number of anilines is 2. The van der Waals surface area contributed by atoms with Crippen LogP contribution in [0.5, 0.6) is 23.0 Å². The first-order valence-electron chi connectivity index (χ1n) is 13.3. The van der Waals surface area contributed by atoms with Crippen LogP contribution >= 0.6 is 0 Å². The fraction of sp³-hybridized carbons (Fsp3) is 0.464. The van der Waals surface area contributed by atoms with E-state index in [0.29, 0.717) is 86.9 Å². The summed E-state index contributed by atoms with van der Waals surface area (Å²) in [5.74, 6) is 2.86. The van der Waals surface area contributed by atoms with E-state index in [-0.39, 0.29) is 18.7 Å². The molecule has 0 saturated heterocycles. The Morgan fingerprint density at radius 1 is 1.07 bits per heavy atom. The molecule has 0 radical (unpaired) electrons. The summed E-state index contributed by atoms with van der Waals surface area (Å²) in [5.41, 5.74) is 2.33. The molecular weight excluding hydrogens is 518 g/mol. The molecule has 2 N–H and O–H groups in total. The van der Waals surface area contributed by atoms with E-state index in [4.69, 9.17) is 28.4 Å². The third-order valence-electron chi connectivity index (χ3n) is 6.83. The van der Waals surface area contributed by atoms with E-state index in [0.717, 1.165) is 16.6 Å². The predicted molar refractivity (Wildman–Crippen MR) is 148 cm³/mol. The fourth-order valence-electron chi connectivity index (χ4n) is 4.46. The highest BCUT2D eigenvalue weighted by Gasteiger charge is 2.25. The van der Waals surface area contributed by atoms with Gasteiger partial charge < -0.3 is 39.1 Å². The highest BCUT2D eigenvalue weighted by molar-refractivity contribution is 5.94. The Kier molecular flexibility index (Phi) is 8.99. The van der Waals surface area contributed by atoms with Crippen LogP contribution in [0.1, 0.15) is 18.9 Å². The SMILES string of the molecule is COCCOCCOc1cc2ncnc3c2cc1OCCCNC(=O)[C@H](C)N(C)Cc1ccc2c(c1N3)OCO2. The minimum absolute atomic E-state index is 0.0538. The summed E-state index contributed by atoms with van der Waals surface area (Å²) in [6.07, 6.45) is 2.13. The molecule has 1 atom stereocenters. The molecule has 12 nitrogen and oxygen atoms in total. The van der Waals surface area contributed by atoms with E-state index in [9.17, 15) is 4.79 Å². The molecule has 0 aliphatic carbocycles. The lowest BCUT2D eigenvalue weighted by Gasteiger charge is -2.26. The Bertz CT molecular complexity index is 1340. The van der Waals surface area contributed by atoms with Crippen molar-refractivity contribution in [1.82, 2.24) is 20.2 Å². The second-order valence-electron chi connectivity index (χ2n) is 9.53. The number of hydrogen-bond acceptors (Lipinski definition) is 11. The quantitative estimate of drug-likeness (QED) is 0.420. The Morgan fingerprint density at radius 3 is 2.83 bits per heavy atom. The van der Waals surface area contributed by atoms with Crippen LogP contribution in [0.3, 0.4) is 0 Å². The molecule has 0 spiro atoms. The highest BCUT2D eigenvalue weighted by Crippen LogP contribution is 2.44. The molecule has 3 aromatic rings. The van der Waals surface area contributed by atoms with Gasteiger partial charge in [0.25, 0.3) is 0 Å². The van der Waals surface area contributed by atoms with Gasteiger partial charge in [0.2, 0.25) is 12.7 Å². The van der Waals surface area contributed by atoms with Crippen molar-refractivity contribution in [3.05, 3.63) is 36.2 Å². The van der Waals surface area contributed by atoms with Crippen LogP contribution in [0.25, 0.3) is 10.9 Å². The van der Waals surface area contributed by atoms with Crippen molar-refractivity contribution in [2.24, 2.45) is 0 Å². The first-order valence-corrected chi connectivity index (χ1v) is 13.3. The van der Waals surface area contributed by atoms with Gasteiger partial charge in [-0.3, -0.25) is 9.69 Å². The third-order valence-corrected chi connectivity index (χ3v) is 6.83. The maximum Gasteiger partial charge on any atom is 0.237 e. The highest BCUT2D eigenvalue weighted by atomic mass is 16.7. The van der Waals surface area contributed by atoms with Crippen LogP contribution in [0.4, 0.5) is 11.5 Å². The van der Waals surface area contributed by atoms with E-state index in [1.165, 1.54) is 6.33 Å². The topological polar surface area (TPSA) is 126 Å². The maximum absolute atomic E-state index is 12.8. The van der Waals surface area contributed by atoms with Crippen molar-refractivity contribution >= 4 is 28.3 Å². The van der Waals surface area contributed by atoms with Gasteiger partial charge >= 0.3 is 0 Å². The zero-order valence-corrected chi connectivity index (χ0v) is 23.0. The lowest BCUT2D eigenvalue weighted by Crippen LogP contribution is -2.43. The number of nitrogens with one attached hydrogen (secondary N) is 2. The fourth-order valence-corrected chi connectivity index (χ4v) is 4.46. The van der Waals surface area contributed by atoms with Crippen LogP contribution < -0.4 is 29.6 Å². The molecule has 2 aliphatic heterocycles. The van der Waals surface area contributed by atoms with Crippen molar-refractivity contribution < 1.29 is 33.2 Å². The van der Waals surface area contributed by atoms with Crippen LogP contribution in [-0.4, -0.2) is 87.3 Å². The molecule has 1 aromatic heterocycles. The summed E-state index contributed by atoms with van der Waals surface area (Å²) in [6.45, 7) is 5.12. The second-order valence-corrected chi connectivity index (χ2v) is 9.53. The molecule has 40 heavy (non-hydrogen) atoms. The minimum atomic E-state index is -0.350. The normalized spacial score (nSPS) is 17.7. The number of fused-ring (bicyclic) bond motifs is 4. The molecule has 0 unspecified atom stereocenters. The molecule has 2 aromatic carbocycles. The number of methoxy groups -OCH3 is 1. The molecule has 2 aliphatic rings. The Hall–Kier alpha value is -3.87. The lowest BCUT2D eigenvalue weighted by atomic mass is 10.1. The van der Waals surface area contributed by atoms with Gasteiger partial charge in [-0.05, 0) is 38.1 Å². The average Bonchev–Trinajstić information content (AvgIpc) is 3.44. The molecule has 5 rings (SSSR count). The number of amides is 1. The average molecular weight is 554 g/mol. The monoisotopic (exact) mass is 553 g/mol. The van der Waals surface area contributed by atoms with E-state index in [1.54, 1.807) is 7.11 Å². The van der Waals surface area contributed by atoms with Crippen LogP contribution in [0.2, 0.25) is 0 Å². The molecular formula is C28H35N5O7. The Labute approximate surface area is 232 Å². The number of aromatic nitrogens is 2. The summed E-state index contributed by atoms with van der Waals surface area (Å²) in [7, 11) is 3.55. The largest absolute Gasteiger partial charge is 0.490 e. The van der Waals surface area contributed by atoms with Crippen molar-refractivity contribution in [1.29, 1.82) is 0 Å². The first kappa shape index (κ1) is 27.7. The standard InChI is InChI=1S/C28H35N5O7/c1-18-28(34)29-7-4-8-37-23-13-20-21(14-24(23)38-12-11-36-10-9-35-3)30-16-31-27(20)32-25-19(15-33(18)2)5-6-22-26(25)40-17-39-22/h5-6,13-14,16,18H,4,7-12,15,17H2,1-3H3,(H,29,34)(H,30,31,32)/t18-/m0/s1. The van der Waals surface area contributed by atoms with Gasteiger partial charge in [0.05, 0.1) is 43.7 Å². The number of rotatable bonds is 7. The number of ether oxygens (including phenoxy) is 6.